The van der Waals surface area contributed by atoms with E-state index in [9.17, 15) is 13.6 Å². The second kappa shape index (κ2) is 3.47. The average molecular weight is 187 g/mol. The molecule has 0 bridgehead atoms. The number of hydrogen-bond donors (Lipinski definition) is 1. The van der Waals surface area contributed by atoms with Crippen molar-refractivity contribution < 1.29 is 18.7 Å². The molecule has 5 heteroatoms. The molecule has 13 heavy (non-hydrogen) atoms. The van der Waals surface area contributed by atoms with Crippen molar-refractivity contribution in [1.29, 1.82) is 0 Å². The Bertz CT molecular complexity index is 339. The number of pyridine rings is 1. The minimum Gasteiger partial charge on any atom is -0.506 e. The minimum absolute atomic E-state index is 0.183. The van der Waals surface area contributed by atoms with Gasteiger partial charge in [0.05, 0.1) is 11.8 Å². The van der Waals surface area contributed by atoms with Crippen LogP contribution in [0, 0.1) is 6.92 Å². The van der Waals surface area contributed by atoms with Gasteiger partial charge in [-0.3, -0.25) is 9.78 Å². The third kappa shape index (κ3) is 1.63. The van der Waals surface area contributed by atoms with Gasteiger partial charge in [0.25, 0.3) is 6.43 Å². The number of carbonyl (C=O) groups is 1. The first-order valence-corrected chi connectivity index (χ1v) is 3.49. The number of aldehydes is 1. The summed E-state index contributed by atoms with van der Waals surface area (Å²) in [6.07, 6.45) is -1.70. The molecule has 0 fully saturated rings. The SMILES string of the molecule is Cc1ncc(O)c(C(F)F)c1C=O. The molecular formula is C8H7F2NO2. The molecule has 3 nitrogen and oxygen atoms in total. The molecule has 1 aromatic heterocycles. The van der Waals surface area contributed by atoms with Gasteiger partial charge in [0.1, 0.15) is 5.75 Å². The van der Waals surface area contributed by atoms with E-state index in [0.29, 0.717) is 0 Å². The van der Waals surface area contributed by atoms with Crippen molar-refractivity contribution in [2.45, 2.75) is 13.3 Å². The van der Waals surface area contributed by atoms with Crippen LogP contribution in [0.5, 0.6) is 5.75 Å². The van der Waals surface area contributed by atoms with E-state index >= 15 is 0 Å². The number of rotatable bonds is 2. The maximum Gasteiger partial charge on any atom is 0.268 e. The minimum atomic E-state index is -2.87. The van der Waals surface area contributed by atoms with Gasteiger partial charge in [-0.1, -0.05) is 0 Å². The van der Waals surface area contributed by atoms with Crippen molar-refractivity contribution in [2.75, 3.05) is 0 Å². The first kappa shape index (κ1) is 9.57. The van der Waals surface area contributed by atoms with E-state index in [4.69, 9.17) is 5.11 Å². The van der Waals surface area contributed by atoms with Gasteiger partial charge in [0.2, 0.25) is 0 Å². The molecule has 0 radical (unpaired) electrons. The number of aromatic nitrogens is 1. The predicted molar refractivity (Wildman–Crippen MR) is 41.0 cm³/mol. The van der Waals surface area contributed by atoms with Crippen LogP contribution in [0.2, 0.25) is 0 Å². The van der Waals surface area contributed by atoms with Crippen LogP contribution in [0.1, 0.15) is 28.0 Å². The summed E-state index contributed by atoms with van der Waals surface area (Å²) in [4.78, 5) is 14.0. The maximum absolute atomic E-state index is 12.3. The molecule has 1 N–H and O–H groups in total. The van der Waals surface area contributed by atoms with Crippen LogP contribution in [0.4, 0.5) is 8.78 Å². The third-order valence-corrected chi connectivity index (χ3v) is 1.67. The molecule has 0 saturated heterocycles. The lowest BCUT2D eigenvalue weighted by molar-refractivity contribution is 0.110. The van der Waals surface area contributed by atoms with Crippen molar-refractivity contribution in [1.82, 2.24) is 4.98 Å². The summed E-state index contributed by atoms with van der Waals surface area (Å²) in [6.45, 7) is 1.43. The fourth-order valence-corrected chi connectivity index (χ4v) is 1.01. The Kier molecular flexibility index (Phi) is 2.55. The first-order chi connectivity index (χ1) is 6.07. The first-order valence-electron chi connectivity index (χ1n) is 3.49. The number of nitrogens with zero attached hydrogens (tertiary/aromatic N) is 1. The Labute approximate surface area is 73.0 Å². The highest BCUT2D eigenvalue weighted by molar-refractivity contribution is 5.80. The quantitative estimate of drug-likeness (QED) is 0.718. The Balaban J connectivity index is 3.43. The number of aryl methyl sites for hydroxylation is 1. The van der Waals surface area contributed by atoms with Gasteiger partial charge < -0.3 is 5.11 Å². The average Bonchev–Trinajstić information content (AvgIpc) is 2.07. The molecule has 1 heterocycles. The van der Waals surface area contributed by atoms with Gasteiger partial charge in [-0.05, 0) is 6.92 Å². The molecule has 0 aliphatic carbocycles. The van der Waals surface area contributed by atoms with Crippen molar-refractivity contribution in [2.24, 2.45) is 0 Å². The van der Waals surface area contributed by atoms with Crippen LogP contribution >= 0.6 is 0 Å². The van der Waals surface area contributed by atoms with Gasteiger partial charge >= 0.3 is 0 Å². The van der Waals surface area contributed by atoms with E-state index in [2.05, 4.69) is 4.98 Å². The topological polar surface area (TPSA) is 50.2 Å². The number of alkyl halides is 2. The van der Waals surface area contributed by atoms with Crippen LogP contribution in [0.3, 0.4) is 0 Å². The fourth-order valence-electron chi connectivity index (χ4n) is 1.01. The van der Waals surface area contributed by atoms with Crippen LogP contribution in [-0.2, 0) is 0 Å². The van der Waals surface area contributed by atoms with Gasteiger partial charge in [-0.25, -0.2) is 8.78 Å². The largest absolute Gasteiger partial charge is 0.506 e. The van der Waals surface area contributed by atoms with Crippen LogP contribution < -0.4 is 0 Å². The van der Waals surface area contributed by atoms with Crippen LogP contribution in [-0.4, -0.2) is 16.4 Å². The van der Waals surface area contributed by atoms with Crippen LogP contribution in [0.15, 0.2) is 6.20 Å². The standard InChI is InChI=1S/C8H7F2NO2/c1-4-5(3-12)7(8(9)10)6(13)2-11-4/h2-3,8,13H,1H3. The number of hydrogen-bond acceptors (Lipinski definition) is 3. The lowest BCUT2D eigenvalue weighted by Crippen LogP contribution is -1.99. The summed E-state index contributed by atoms with van der Waals surface area (Å²) < 4.78 is 24.6. The lowest BCUT2D eigenvalue weighted by atomic mass is 10.1. The van der Waals surface area contributed by atoms with E-state index in [1.54, 1.807) is 0 Å². The second-order valence-corrected chi connectivity index (χ2v) is 2.47. The van der Waals surface area contributed by atoms with E-state index in [0.717, 1.165) is 6.20 Å². The van der Waals surface area contributed by atoms with Gasteiger partial charge in [0, 0.05) is 11.3 Å². The summed E-state index contributed by atoms with van der Waals surface area (Å²) in [7, 11) is 0. The van der Waals surface area contributed by atoms with Crippen molar-refractivity contribution in [3.63, 3.8) is 0 Å². The summed E-state index contributed by atoms with van der Waals surface area (Å²) in [5.74, 6) is -0.650. The van der Waals surface area contributed by atoms with Crippen molar-refractivity contribution >= 4 is 6.29 Å². The monoisotopic (exact) mass is 187 g/mol. The Morgan fingerprint density at radius 2 is 2.23 bits per heavy atom. The summed E-state index contributed by atoms with van der Waals surface area (Å²) >= 11 is 0. The highest BCUT2D eigenvalue weighted by Crippen LogP contribution is 2.30. The highest BCUT2D eigenvalue weighted by atomic mass is 19.3. The number of aromatic hydroxyl groups is 1. The van der Waals surface area contributed by atoms with E-state index < -0.39 is 17.7 Å². The van der Waals surface area contributed by atoms with E-state index in [1.807, 2.05) is 0 Å². The van der Waals surface area contributed by atoms with E-state index in [-0.39, 0.29) is 17.5 Å². The highest BCUT2D eigenvalue weighted by Gasteiger charge is 2.19. The van der Waals surface area contributed by atoms with Crippen molar-refractivity contribution in [3.8, 4) is 5.75 Å². The molecule has 0 spiro atoms. The summed E-state index contributed by atoms with van der Waals surface area (Å²) in [5.41, 5.74) is -0.708. The zero-order valence-corrected chi connectivity index (χ0v) is 6.79. The molecule has 0 aromatic carbocycles. The Morgan fingerprint density at radius 1 is 1.62 bits per heavy atom. The molecular weight excluding hydrogens is 180 g/mol. The zero-order chi connectivity index (χ0) is 10.0. The predicted octanol–water partition coefficient (Wildman–Crippen LogP) is 1.85. The molecule has 0 aliphatic rings. The number of carbonyl (C=O) groups excluding carboxylic acids is 1. The Hall–Kier alpha value is -1.52. The summed E-state index contributed by atoms with van der Waals surface area (Å²) in [5, 5.41) is 9.02. The van der Waals surface area contributed by atoms with Gasteiger partial charge in [-0.15, -0.1) is 0 Å². The Morgan fingerprint density at radius 3 is 2.62 bits per heavy atom. The molecule has 0 aliphatic heterocycles. The number of halogens is 2. The zero-order valence-electron chi connectivity index (χ0n) is 6.79. The molecule has 0 atom stereocenters. The molecule has 1 rings (SSSR count). The molecule has 0 unspecified atom stereocenters. The normalized spacial score (nSPS) is 10.5. The second-order valence-electron chi connectivity index (χ2n) is 2.47. The van der Waals surface area contributed by atoms with E-state index in [1.165, 1.54) is 6.92 Å². The fraction of sp³-hybridized carbons (Fsp3) is 0.250. The molecule has 1 aromatic rings. The lowest BCUT2D eigenvalue weighted by Gasteiger charge is -2.07. The van der Waals surface area contributed by atoms with Crippen molar-refractivity contribution in [3.05, 3.63) is 23.0 Å². The third-order valence-electron chi connectivity index (χ3n) is 1.67. The molecule has 70 valence electrons. The van der Waals surface area contributed by atoms with Gasteiger partial charge in [-0.2, -0.15) is 0 Å². The smallest absolute Gasteiger partial charge is 0.268 e. The molecule has 0 saturated carbocycles. The van der Waals surface area contributed by atoms with Gasteiger partial charge in [0.15, 0.2) is 6.29 Å². The van der Waals surface area contributed by atoms with Crippen LogP contribution in [0.25, 0.3) is 0 Å². The summed E-state index contributed by atoms with van der Waals surface area (Å²) in [6, 6.07) is 0. The molecule has 0 amide bonds. The maximum atomic E-state index is 12.3.